The molecule has 0 unspecified atom stereocenters. The van der Waals surface area contributed by atoms with Crippen LogP contribution in [0.2, 0.25) is 0 Å². The molecule has 0 spiro atoms. The number of fused-ring (bicyclic) bond motifs is 1. The Morgan fingerprint density at radius 1 is 1.16 bits per heavy atom. The number of hydrogen-bond acceptors (Lipinski definition) is 5. The number of rotatable bonds is 6. The number of para-hydroxylation sites is 1. The number of nitriles is 1. The van der Waals surface area contributed by atoms with Gasteiger partial charge in [-0.3, -0.25) is 4.79 Å². The molecule has 0 saturated heterocycles. The van der Waals surface area contributed by atoms with Gasteiger partial charge in [0.25, 0.3) is 5.91 Å². The number of aryl methyl sites for hydroxylation is 1. The van der Waals surface area contributed by atoms with Crippen molar-refractivity contribution in [3.8, 4) is 17.3 Å². The molecule has 0 saturated carbocycles. The molecule has 31 heavy (non-hydrogen) atoms. The van der Waals surface area contributed by atoms with Gasteiger partial charge in [0.1, 0.15) is 5.54 Å². The molecule has 2 aromatic carbocycles. The second-order valence-electron chi connectivity index (χ2n) is 8.03. The molecule has 3 aromatic rings. The Morgan fingerprint density at radius 3 is 2.48 bits per heavy atom. The lowest BCUT2D eigenvalue weighted by atomic mass is 9.90. The van der Waals surface area contributed by atoms with Crippen LogP contribution >= 0.6 is 0 Å². The van der Waals surface area contributed by atoms with Crippen molar-refractivity contribution in [3.05, 3.63) is 65.7 Å². The maximum Gasteiger partial charge on any atom is 0.339 e. The molecule has 6 nitrogen and oxygen atoms in total. The fourth-order valence-electron chi connectivity index (χ4n) is 3.05. The van der Waals surface area contributed by atoms with Crippen molar-refractivity contribution in [3.63, 3.8) is 0 Å². The number of pyridine rings is 1. The SMILES string of the molecule is Cc1ccc(-c2cc(C(=O)OCC(=O)N[C@@](C)(C#N)C(C)C)c3ccccc3n2)cc1. The Labute approximate surface area is 181 Å². The van der Waals surface area contributed by atoms with Crippen LogP contribution in [0, 0.1) is 24.2 Å². The van der Waals surface area contributed by atoms with E-state index < -0.39 is 24.0 Å². The van der Waals surface area contributed by atoms with E-state index in [0.29, 0.717) is 22.2 Å². The average molecular weight is 415 g/mol. The normalized spacial score (nSPS) is 12.8. The van der Waals surface area contributed by atoms with Gasteiger partial charge in [0.15, 0.2) is 6.61 Å². The lowest BCUT2D eigenvalue weighted by Gasteiger charge is -2.27. The fraction of sp³-hybridized carbons (Fsp3) is 0.280. The molecular formula is C25H25N3O3. The van der Waals surface area contributed by atoms with Gasteiger partial charge in [0.2, 0.25) is 0 Å². The third-order valence-electron chi connectivity index (χ3n) is 5.40. The summed E-state index contributed by atoms with van der Waals surface area (Å²) in [4.78, 5) is 29.8. The van der Waals surface area contributed by atoms with E-state index in [9.17, 15) is 14.9 Å². The summed E-state index contributed by atoms with van der Waals surface area (Å²) in [6.07, 6.45) is 0. The van der Waals surface area contributed by atoms with Gasteiger partial charge in [0, 0.05) is 10.9 Å². The molecular weight excluding hydrogens is 390 g/mol. The van der Waals surface area contributed by atoms with E-state index in [1.165, 1.54) is 0 Å². The van der Waals surface area contributed by atoms with Crippen LogP contribution < -0.4 is 5.32 Å². The third kappa shape index (κ3) is 4.89. The third-order valence-corrected chi connectivity index (χ3v) is 5.40. The molecule has 1 N–H and O–H groups in total. The van der Waals surface area contributed by atoms with Crippen LogP contribution in [-0.4, -0.2) is 29.0 Å². The average Bonchev–Trinajstić information content (AvgIpc) is 2.77. The Hall–Kier alpha value is -3.72. The summed E-state index contributed by atoms with van der Waals surface area (Å²) < 4.78 is 5.29. The number of aromatic nitrogens is 1. The monoisotopic (exact) mass is 415 g/mol. The van der Waals surface area contributed by atoms with Gasteiger partial charge >= 0.3 is 5.97 Å². The summed E-state index contributed by atoms with van der Waals surface area (Å²) in [6, 6.07) is 18.9. The van der Waals surface area contributed by atoms with E-state index >= 15 is 0 Å². The van der Waals surface area contributed by atoms with Crippen LogP contribution in [0.3, 0.4) is 0 Å². The topological polar surface area (TPSA) is 92.1 Å². The van der Waals surface area contributed by atoms with Crippen molar-refractivity contribution in [2.75, 3.05) is 6.61 Å². The Bertz CT molecular complexity index is 1160. The number of ether oxygens (including phenoxy) is 1. The van der Waals surface area contributed by atoms with Crippen molar-refractivity contribution in [1.82, 2.24) is 10.3 Å². The molecule has 1 aromatic heterocycles. The molecule has 0 aliphatic carbocycles. The minimum atomic E-state index is -1.04. The predicted octanol–water partition coefficient (Wildman–Crippen LogP) is 4.42. The maximum absolute atomic E-state index is 12.9. The number of nitrogens with one attached hydrogen (secondary N) is 1. The zero-order valence-electron chi connectivity index (χ0n) is 18.1. The summed E-state index contributed by atoms with van der Waals surface area (Å²) in [7, 11) is 0. The molecule has 158 valence electrons. The van der Waals surface area contributed by atoms with Crippen LogP contribution in [-0.2, 0) is 9.53 Å². The summed E-state index contributed by atoms with van der Waals surface area (Å²) in [6.45, 7) is 6.85. The van der Waals surface area contributed by atoms with Gasteiger partial charge in [-0.2, -0.15) is 5.26 Å². The second kappa shape index (κ2) is 8.97. The Balaban J connectivity index is 1.86. The zero-order chi connectivity index (χ0) is 22.6. The minimum absolute atomic E-state index is 0.0987. The fourth-order valence-corrected chi connectivity index (χ4v) is 3.05. The number of benzene rings is 2. The first kappa shape index (κ1) is 22.0. The van der Waals surface area contributed by atoms with E-state index in [1.807, 2.05) is 63.2 Å². The number of carbonyl (C=O) groups is 2. The summed E-state index contributed by atoms with van der Waals surface area (Å²) >= 11 is 0. The van der Waals surface area contributed by atoms with Crippen molar-refractivity contribution < 1.29 is 14.3 Å². The van der Waals surface area contributed by atoms with Crippen molar-refractivity contribution in [2.45, 2.75) is 33.2 Å². The predicted molar refractivity (Wildman–Crippen MR) is 119 cm³/mol. The van der Waals surface area contributed by atoms with E-state index in [4.69, 9.17) is 4.74 Å². The molecule has 1 heterocycles. The molecule has 0 bridgehead atoms. The number of hydrogen-bond donors (Lipinski definition) is 1. The molecule has 1 atom stereocenters. The molecule has 3 rings (SSSR count). The van der Waals surface area contributed by atoms with Gasteiger partial charge < -0.3 is 10.1 Å². The highest BCUT2D eigenvalue weighted by Gasteiger charge is 2.30. The quantitative estimate of drug-likeness (QED) is 0.602. The van der Waals surface area contributed by atoms with E-state index in [1.54, 1.807) is 19.1 Å². The van der Waals surface area contributed by atoms with Gasteiger partial charge in [0.05, 0.1) is 22.8 Å². The summed E-state index contributed by atoms with van der Waals surface area (Å²) in [5, 5.41) is 12.6. The largest absolute Gasteiger partial charge is 0.452 e. The lowest BCUT2D eigenvalue weighted by molar-refractivity contribution is -0.125. The van der Waals surface area contributed by atoms with Crippen molar-refractivity contribution in [1.29, 1.82) is 5.26 Å². The van der Waals surface area contributed by atoms with Crippen LogP contribution in [0.25, 0.3) is 22.2 Å². The maximum atomic E-state index is 12.9. The van der Waals surface area contributed by atoms with Gasteiger partial charge in [-0.15, -0.1) is 0 Å². The Kier molecular flexibility index (Phi) is 6.36. The highest BCUT2D eigenvalue weighted by molar-refractivity contribution is 6.05. The highest BCUT2D eigenvalue weighted by atomic mass is 16.5. The molecule has 1 amide bonds. The van der Waals surface area contributed by atoms with Gasteiger partial charge in [-0.05, 0) is 31.9 Å². The molecule has 0 aliphatic heterocycles. The van der Waals surface area contributed by atoms with Crippen LogP contribution in [0.5, 0.6) is 0 Å². The second-order valence-corrected chi connectivity index (χ2v) is 8.03. The van der Waals surface area contributed by atoms with E-state index in [-0.39, 0.29) is 5.92 Å². The number of carbonyl (C=O) groups excluding carboxylic acids is 2. The number of amides is 1. The van der Waals surface area contributed by atoms with E-state index in [0.717, 1.165) is 11.1 Å². The number of nitrogens with zero attached hydrogens (tertiary/aromatic N) is 2. The standard InChI is InChI=1S/C25H25N3O3/c1-16(2)25(4,15-26)28-23(29)14-31-24(30)20-13-22(18-11-9-17(3)10-12-18)27-21-8-6-5-7-19(20)21/h5-13,16H,14H2,1-4H3,(H,28,29)/t25-/m0/s1. The minimum Gasteiger partial charge on any atom is -0.452 e. The first-order chi connectivity index (χ1) is 14.7. The summed E-state index contributed by atoms with van der Waals surface area (Å²) in [5.41, 5.74) is 2.61. The molecule has 0 aliphatic rings. The highest BCUT2D eigenvalue weighted by Crippen LogP contribution is 2.26. The van der Waals surface area contributed by atoms with Crippen molar-refractivity contribution in [2.24, 2.45) is 5.92 Å². The van der Waals surface area contributed by atoms with Gasteiger partial charge in [-0.1, -0.05) is 61.9 Å². The van der Waals surface area contributed by atoms with Gasteiger partial charge in [-0.25, -0.2) is 9.78 Å². The smallest absolute Gasteiger partial charge is 0.339 e. The van der Waals surface area contributed by atoms with Crippen LogP contribution in [0.15, 0.2) is 54.6 Å². The molecule has 0 radical (unpaired) electrons. The zero-order valence-corrected chi connectivity index (χ0v) is 18.1. The van der Waals surface area contributed by atoms with Crippen LogP contribution in [0.1, 0.15) is 36.7 Å². The first-order valence-corrected chi connectivity index (χ1v) is 10.1. The molecule has 6 heteroatoms. The number of esters is 1. The Morgan fingerprint density at radius 2 is 1.84 bits per heavy atom. The van der Waals surface area contributed by atoms with Crippen LogP contribution in [0.4, 0.5) is 0 Å². The lowest BCUT2D eigenvalue weighted by Crippen LogP contribution is -2.50. The molecule has 0 fully saturated rings. The van der Waals surface area contributed by atoms with E-state index in [2.05, 4.69) is 16.4 Å². The van der Waals surface area contributed by atoms with Crippen molar-refractivity contribution >= 4 is 22.8 Å². The summed E-state index contributed by atoms with van der Waals surface area (Å²) in [5.74, 6) is -1.24. The first-order valence-electron chi connectivity index (χ1n) is 10.1.